The number of rotatable bonds is 3. The first-order chi connectivity index (χ1) is 9.02. The van der Waals surface area contributed by atoms with Crippen LogP contribution in [0.2, 0.25) is 5.15 Å². The fraction of sp³-hybridized carbons (Fsp3) is 0.692. The summed E-state index contributed by atoms with van der Waals surface area (Å²) in [6.07, 6.45) is 2.57. The normalized spacial score (nSPS) is 17.8. The molecule has 1 aromatic rings. The average Bonchev–Trinajstić information content (AvgIpc) is 2.37. The van der Waals surface area contributed by atoms with Crippen molar-refractivity contribution in [2.75, 3.05) is 20.1 Å². The van der Waals surface area contributed by atoms with Crippen molar-refractivity contribution in [3.8, 4) is 0 Å². The van der Waals surface area contributed by atoms with Crippen molar-refractivity contribution in [2.45, 2.75) is 32.7 Å². The largest absolute Gasteiger partial charge is 0.329 e. The van der Waals surface area contributed by atoms with Gasteiger partial charge < -0.3 is 4.90 Å². The van der Waals surface area contributed by atoms with Crippen LogP contribution in [0.3, 0.4) is 0 Å². The Labute approximate surface area is 117 Å². The Kier molecular flexibility index (Phi) is 4.47. The maximum absolute atomic E-state index is 12.2. The Hall–Kier alpha value is -1.07. The first-order valence-corrected chi connectivity index (χ1v) is 7.10. The molecular formula is C13H20ClN3O2. The number of hydrogen-bond acceptors (Lipinski definition) is 3. The number of nitrogens with one attached hydrogen (secondary N) is 1. The number of piperidine rings is 1. The van der Waals surface area contributed by atoms with Crippen LogP contribution in [0.4, 0.5) is 0 Å². The van der Waals surface area contributed by atoms with E-state index in [1.165, 1.54) is 4.57 Å². The van der Waals surface area contributed by atoms with Crippen molar-refractivity contribution in [1.29, 1.82) is 0 Å². The summed E-state index contributed by atoms with van der Waals surface area (Å²) < 4.78 is 1.31. The highest BCUT2D eigenvalue weighted by Gasteiger charge is 2.20. The maximum Gasteiger partial charge on any atom is 0.329 e. The summed E-state index contributed by atoms with van der Waals surface area (Å²) >= 11 is 5.89. The van der Waals surface area contributed by atoms with Crippen molar-refractivity contribution in [1.82, 2.24) is 14.5 Å². The summed E-state index contributed by atoms with van der Waals surface area (Å²) in [4.78, 5) is 28.9. The van der Waals surface area contributed by atoms with E-state index >= 15 is 0 Å². The lowest BCUT2D eigenvalue weighted by Crippen LogP contribution is -2.41. The fourth-order valence-corrected chi connectivity index (χ4v) is 2.86. The molecular weight excluding hydrogens is 266 g/mol. The second-order valence-electron chi connectivity index (χ2n) is 5.24. The van der Waals surface area contributed by atoms with E-state index in [0.717, 1.165) is 25.9 Å². The van der Waals surface area contributed by atoms with Gasteiger partial charge in [0.25, 0.3) is 5.56 Å². The Morgan fingerprint density at radius 1 is 1.32 bits per heavy atom. The number of aromatic nitrogens is 2. The van der Waals surface area contributed by atoms with Crippen LogP contribution in [0.1, 0.15) is 25.3 Å². The highest BCUT2D eigenvalue weighted by molar-refractivity contribution is 6.30. The minimum Gasteiger partial charge on any atom is -0.306 e. The van der Waals surface area contributed by atoms with Crippen LogP contribution < -0.4 is 11.2 Å². The van der Waals surface area contributed by atoms with Gasteiger partial charge in [-0.25, -0.2) is 4.79 Å². The number of hydrogen-bond donors (Lipinski definition) is 1. The Balaban J connectivity index is 2.25. The van der Waals surface area contributed by atoms with Crippen LogP contribution in [-0.2, 0) is 13.0 Å². The minimum atomic E-state index is -0.397. The molecule has 0 aliphatic carbocycles. The van der Waals surface area contributed by atoms with Gasteiger partial charge in [-0.3, -0.25) is 14.3 Å². The fourth-order valence-electron chi connectivity index (χ4n) is 2.56. The third-order valence-electron chi connectivity index (χ3n) is 3.86. The van der Waals surface area contributed by atoms with E-state index < -0.39 is 5.69 Å². The molecule has 1 aliphatic heterocycles. The number of halogens is 1. The average molecular weight is 286 g/mol. The molecule has 6 heteroatoms. The number of aromatic amines is 1. The molecule has 106 valence electrons. The SMILES string of the molecule is CCc1c(Cl)[nH]c(=O)n(CC2CCN(C)CC2)c1=O. The molecule has 0 saturated carbocycles. The van der Waals surface area contributed by atoms with Crippen LogP contribution >= 0.6 is 11.6 Å². The molecule has 0 amide bonds. The highest BCUT2D eigenvalue weighted by Crippen LogP contribution is 2.17. The Morgan fingerprint density at radius 2 is 1.95 bits per heavy atom. The van der Waals surface area contributed by atoms with Gasteiger partial charge in [0.1, 0.15) is 5.15 Å². The standard InChI is InChI=1S/C13H20ClN3O2/c1-3-10-11(14)15-13(19)17(12(10)18)8-9-4-6-16(2)7-5-9/h9H,3-8H2,1-2H3,(H,15,19). The lowest BCUT2D eigenvalue weighted by atomic mass is 9.97. The monoisotopic (exact) mass is 285 g/mol. The summed E-state index contributed by atoms with van der Waals surface area (Å²) in [6, 6.07) is 0. The van der Waals surface area contributed by atoms with Gasteiger partial charge in [-0.2, -0.15) is 0 Å². The summed E-state index contributed by atoms with van der Waals surface area (Å²) in [6.45, 7) is 4.39. The van der Waals surface area contributed by atoms with Gasteiger partial charge in [-0.1, -0.05) is 18.5 Å². The third kappa shape index (κ3) is 3.09. The van der Waals surface area contributed by atoms with Gasteiger partial charge in [0.2, 0.25) is 0 Å². The molecule has 19 heavy (non-hydrogen) atoms. The summed E-state index contributed by atoms with van der Waals surface area (Å²) in [5.41, 5.74) is -0.143. The minimum absolute atomic E-state index is 0.178. The lowest BCUT2D eigenvalue weighted by Gasteiger charge is -2.29. The van der Waals surface area contributed by atoms with Gasteiger partial charge in [0.05, 0.1) is 5.56 Å². The van der Waals surface area contributed by atoms with E-state index in [1.54, 1.807) is 0 Å². The van der Waals surface area contributed by atoms with Gasteiger partial charge in [-0.05, 0) is 45.3 Å². The number of H-pyrrole nitrogens is 1. The van der Waals surface area contributed by atoms with E-state index in [1.807, 2.05) is 6.92 Å². The highest BCUT2D eigenvalue weighted by atomic mass is 35.5. The Bertz CT molecular complexity index is 556. The van der Waals surface area contributed by atoms with Crippen LogP contribution in [0, 0.1) is 5.92 Å². The summed E-state index contributed by atoms with van der Waals surface area (Å²) in [7, 11) is 2.09. The summed E-state index contributed by atoms with van der Waals surface area (Å²) in [5.74, 6) is 0.390. The second-order valence-corrected chi connectivity index (χ2v) is 5.62. The van der Waals surface area contributed by atoms with Crippen molar-refractivity contribution in [2.24, 2.45) is 5.92 Å². The molecule has 0 bridgehead atoms. The molecule has 0 unspecified atom stereocenters. The van der Waals surface area contributed by atoms with Crippen LogP contribution in [0.25, 0.3) is 0 Å². The molecule has 0 atom stereocenters. The maximum atomic E-state index is 12.2. The van der Waals surface area contributed by atoms with Crippen molar-refractivity contribution < 1.29 is 0 Å². The molecule has 1 aromatic heterocycles. The predicted molar refractivity (Wildman–Crippen MR) is 75.9 cm³/mol. The van der Waals surface area contributed by atoms with E-state index in [4.69, 9.17) is 11.6 Å². The smallest absolute Gasteiger partial charge is 0.306 e. The van der Waals surface area contributed by atoms with E-state index in [9.17, 15) is 9.59 Å². The van der Waals surface area contributed by atoms with Gasteiger partial charge in [0.15, 0.2) is 0 Å². The predicted octanol–water partition coefficient (Wildman–Crippen LogP) is 1.09. The quantitative estimate of drug-likeness (QED) is 0.846. The van der Waals surface area contributed by atoms with E-state index in [-0.39, 0.29) is 10.7 Å². The zero-order valence-corrected chi connectivity index (χ0v) is 12.2. The topological polar surface area (TPSA) is 58.1 Å². The molecule has 2 rings (SSSR count). The van der Waals surface area contributed by atoms with Crippen LogP contribution in [-0.4, -0.2) is 34.6 Å². The van der Waals surface area contributed by atoms with Crippen molar-refractivity contribution >= 4 is 11.6 Å². The van der Waals surface area contributed by atoms with Gasteiger partial charge in [0, 0.05) is 6.54 Å². The van der Waals surface area contributed by atoms with E-state index in [2.05, 4.69) is 16.9 Å². The van der Waals surface area contributed by atoms with Crippen molar-refractivity contribution in [3.63, 3.8) is 0 Å². The molecule has 2 heterocycles. The third-order valence-corrected chi connectivity index (χ3v) is 4.19. The Morgan fingerprint density at radius 3 is 2.53 bits per heavy atom. The second kappa shape index (κ2) is 5.92. The molecule has 0 spiro atoms. The van der Waals surface area contributed by atoms with Crippen LogP contribution in [0.5, 0.6) is 0 Å². The summed E-state index contributed by atoms with van der Waals surface area (Å²) in [5, 5.41) is 0.178. The molecule has 1 N–H and O–H groups in total. The molecule has 0 radical (unpaired) electrons. The van der Waals surface area contributed by atoms with Crippen LogP contribution in [0.15, 0.2) is 9.59 Å². The van der Waals surface area contributed by atoms with E-state index in [0.29, 0.717) is 24.4 Å². The van der Waals surface area contributed by atoms with Gasteiger partial charge in [-0.15, -0.1) is 0 Å². The molecule has 1 fully saturated rings. The lowest BCUT2D eigenvalue weighted by molar-refractivity contribution is 0.202. The number of likely N-dealkylation sites (tertiary alicyclic amines) is 1. The zero-order valence-electron chi connectivity index (χ0n) is 11.4. The number of nitrogens with zero attached hydrogens (tertiary/aromatic N) is 2. The first kappa shape index (κ1) is 14.3. The first-order valence-electron chi connectivity index (χ1n) is 6.73. The molecule has 1 saturated heterocycles. The molecule has 5 nitrogen and oxygen atoms in total. The molecule has 1 aliphatic rings. The molecule has 0 aromatic carbocycles. The zero-order chi connectivity index (χ0) is 14.0. The van der Waals surface area contributed by atoms with Gasteiger partial charge >= 0.3 is 5.69 Å². The van der Waals surface area contributed by atoms with Crippen molar-refractivity contribution in [3.05, 3.63) is 31.6 Å².